The molecule has 2 heterocycles. The molecule has 0 radical (unpaired) electrons. The highest BCUT2D eigenvalue weighted by atomic mass is 16.5. The number of likely N-dealkylation sites (tertiary alicyclic amines) is 1. The number of rotatable bonds is 7. The van der Waals surface area contributed by atoms with Crippen molar-refractivity contribution in [2.24, 2.45) is 5.92 Å². The topological polar surface area (TPSA) is 50.8 Å². The monoisotopic (exact) mass is 478 g/mol. The number of benzene rings is 2. The summed E-state index contributed by atoms with van der Waals surface area (Å²) in [6, 6.07) is 17.0. The maximum absolute atomic E-state index is 13.9. The summed E-state index contributed by atoms with van der Waals surface area (Å²) in [4.78, 5) is 16.0. The molecule has 5 nitrogen and oxygen atoms in total. The zero-order chi connectivity index (χ0) is 25.0. The number of nitrogens with one attached hydrogen (secondary N) is 1. The van der Waals surface area contributed by atoms with Crippen LogP contribution in [0.4, 0.5) is 0 Å². The summed E-state index contributed by atoms with van der Waals surface area (Å²) in [6.07, 6.45) is 5.05. The van der Waals surface area contributed by atoms with Crippen LogP contribution in [0.5, 0.6) is 5.75 Å². The van der Waals surface area contributed by atoms with E-state index < -0.39 is 0 Å². The molecule has 2 aromatic carbocycles. The molecule has 2 aliphatic rings. The first-order chi connectivity index (χ1) is 16.8. The van der Waals surface area contributed by atoms with Crippen molar-refractivity contribution >= 4 is 5.91 Å². The lowest BCUT2D eigenvalue weighted by Gasteiger charge is -2.36. The molecule has 1 amide bonds. The standard InChI is InChI=1S/C30H42N2O3/c1-21(26-13-9-10-18-35-26)29(33)32-25(22-11-7-6-8-12-22)15-17-28(32)31-20-23-19-24(30(2,3)4)14-16-27(23)34-5/h6-8,11-12,14,16,19,21,25-26,28,31H,9-10,13,15,17-18,20H2,1-5H3. The number of hydrogen-bond acceptors (Lipinski definition) is 4. The van der Waals surface area contributed by atoms with Gasteiger partial charge in [-0.25, -0.2) is 0 Å². The third-order valence-electron chi connectivity index (χ3n) is 7.66. The van der Waals surface area contributed by atoms with Gasteiger partial charge in [-0.2, -0.15) is 0 Å². The zero-order valence-corrected chi connectivity index (χ0v) is 22.0. The van der Waals surface area contributed by atoms with E-state index >= 15 is 0 Å². The van der Waals surface area contributed by atoms with Crippen LogP contribution in [-0.2, 0) is 21.5 Å². The molecule has 0 aliphatic carbocycles. The van der Waals surface area contributed by atoms with Gasteiger partial charge in [-0.05, 0) is 54.7 Å². The Kier molecular flexibility index (Phi) is 8.18. The van der Waals surface area contributed by atoms with Crippen molar-refractivity contribution in [3.8, 4) is 5.75 Å². The largest absolute Gasteiger partial charge is 0.496 e. The first-order valence-electron chi connectivity index (χ1n) is 13.2. The fourth-order valence-corrected chi connectivity index (χ4v) is 5.49. The lowest BCUT2D eigenvalue weighted by Crippen LogP contribution is -2.49. The first-order valence-corrected chi connectivity index (χ1v) is 13.2. The summed E-state index contributed by atoms with van der Waals surface area (Å²) in [5.74, 6) is 0.920. The van der Waals surface area contributed by atoms with E-state index in [9.17, 15) is 4.79 Å². The maximum Gasteiger partial charge on any atom is 0.229 e. The van der Waals surface area contributed by atoms with Crippen LogP contribution in [-0.4, -0.2) is 36.8 Å². The average molecular weight is 479 g/mol. The van der Waals surface area contributed by atoms with Gasteiger partial charge in [-0.1, -0.05) is 70.2 Å². The molecule has 2 saturated heterocycles. The normalized spacial score (nSPS) is 23.8. The molecule has 2 fully saturated rings. The number of carbonyl (C=O) groups is 1. The molecule has 0 spiro atoms. The second-order valence-corrected chi connectivity index (χ2v) is 11.1. The van der Waals surface area contributed by atoms with Crippen LogP contribution in [0.1, 0.15) is 82.5 Å². The molecule has 4 unspecified atom stereocenters. The van der Waals surface area contributed by atoms with Crippen molar-refractivity contribution in [1.82, 2.24) is 10.2 Å². The summed E-state index contributed by atoms with van der Waals surface area (Å²) in [5.41, 5.74) is 3.66. The Morgan fingerprint density at radius 2 is 1.89 bits per heavy atom. The molecule has 1 N–H and O–H groups in total. The number of methoxy groups -OCH3 is 1. The van der Waals surface area contributed by atoms with Crippen LogP contribution in [0, 0.1) is 5.92 Å². The van der Waals surface area contributed by atoms with E-state index in [1.807, 2.05) is 13.0 Å². The minimum atomic E-state index is -0.150. The van der Waals surface area contributed by atoms with Crippen molar-refractivity contribution in [1.29, 1.82) is 0 Å². The van der Waals surface area contributed by atoms with Gasteiger partial charge in [0, 0.05) is 18.7 Å². The quantitative estimate of drug-likeness (QED) is 0.532. The summed E-state index contributed by atoms with van der Waals surface area (Å²) >= 11 is 0. The Morgan fingerprint density at radius 1 is 1.11 bits per heavy atom. The van der Waals surface area contributed by atoms with E-state index in [2.05, 4.69) is 73.5 Å². The second kappa shape index (κ2) is 11.1. The van der Waals surface area contributed by atoms with Crippen LogP contribution in [0.2, 0.25) is 0 Å². The fourth-order valence-electron chi connectivity index (χ4n) is 5.49. The van der Waals surface area contributed by atoms with Crippen molar-refractivity contribution in [2.45, 2.75) is 90.1 Å². The highest BCUT2D eigenvalue weighted by Crippen LogP contribution is 2.38. The maximum atomic E-state index is 13.9. The molecule has 2 aliphatic heterocycles. The first kappa shape index (κ1) is 25.7. The van der Waals surface area contributed by atoms with Crippen LogP contribution < -0.4 is 10.1 Å². The van der Waals surface area contributed by atoms with Gasteiger partial charge >= 0.3 is 0 Å². The summed E-state index contributed by atoms with van der Waals surface area (Å²) < 4.78 is 11.7. The van der Waals surface area contributed by atoms with E-state index in [-0.39, 0.29) is 35.6 Å². The molecule has 35 heavy (non-hydrogen) atoms. The predicted octanol–water partition coefficient (Wildman–Crippen LogP) is 5.98. The van der Waals surface area contributed by atoms with Gasteiger partial charge in [0.1, 0.15) is 5.75 Å². The fraction of sp³-hybridized carbons (Fsp3) is 0.567. The Bertz CT molecular complexity index is 979. The zero-order valence-electron chi connectivity index (χ0n) is 22.0. The molecular formula is C30H42N2O3. The van der Waals surface area contributed by atoms with E-state index in [4.69, 9.17) is 9.47 Å². The van der Waals surface area contributed by atoms with E-state index in [1.54, 1.807) is 7.11 Å². The van der Waals surface area contributed by atoms with Crippen molar-refractivity contribution < 1.29 is 14.3 Å². The molecule has 5 heteroatoms. The van der Waals surface area contributed by atoms with Gasteiger partial charge in [0.15, 0.2) is 0 Å². The Labute approximate surface area is 211 Å². The SMILES string of the molecule is COc1ccc(C(C)(C)C)cc1CNC1CCC(c2ccccc2)N1C(=O)C(C)C1CCCCO1. The van der Waals surface area contributed by atoms with E-state index in [0.29, 0.717) is 6.54 Å². The Balaban J connectivity index is 1.57. The summed E-state index contributed by atoms with van der Waals surface area (Å²) in [6.45, 7) is 10.1. The number of amides is 1. The minimum absolute atomic E-state index is 0.0116. The van der Waals surface area contributed by atoms with Crippen molar-refractivity contribution in [3.63, 3.8) is 0 Å². The van der Waals surface area contributed by atoms with E-state index in [1.165, 1.54) is 11.1 Å². The third-order valence-corrected chi connectivity index (χ3v) is 7.66. The predicted molar refractivity (Wildman–Crippen MR) is 140 cm³/mol. The summed E-state index contributed by atoms with van der Waals surface area (Å²) in [5, 5.41) is 3.72. The molecule has 0 bridgehead atoms. The second-order valence-electron chi connectivity index (χ2n) is 11.1. The number of hydrogen-bond donors (Lipinski definition) is 1. The Hall–Kier alpha value is -2.37. The van der Waals surface area contributed by atoms with Crippen LogP contribution in [0.15, 0.2) is 48.5 Å². The smallest absolute Gasteiger partial charge is 0.229 e. The lowest BCUT2D eigenvalue weighted by molar-refractivity contribution is -0.145. The van der Waals surface area contributed by atoms with Crippen LogP contribution in [0.25, 0.3) is 0 Å². The average Bonchev–Trinajstić information content (AvgIpc) is 3.30. The van der Waals surface area contributed by atoms with Gasteiger partial charge in [-0.3, -0.25) is 10.1 Å². The van der Waals surface area contributed by atoms with Crippen molar-refractivity contribution in [3.05, 3.63) is 65.2 Å². The highest BCUT2D eigenvalue weighted by molar-refractivity contribution is 5.80. The van der Waals surface area contributed by atoms with Crippen molar-refractivity contribution in [2.75, 3.05) is 13.7 Å². The summed E-state index contributed by atoms with van der Waals surface area (Å²) in [7, 11) is 1.72. The number of ether oxygens (including phenoxy) is 2. The molecule has 4 atom stereocenters. The molecular weight excluding hydrogens is 436 g/mol. The van der Waals surface area contributed by atoms with Gasteiger partial charge < -0.3 is 14.4 Å². The van der Waals surface area contributed by atoms with Crippen LogP contribution >= 0.6 is 0 Å². The van der Waals surface area contributed by atoms with Crippen LogP contribution in [0.3, 0.4) is 0 Å². The minimum Gasteiger partial charge on any atom is -0.496 e. The van der Waals surface area contributed by atoms with Gasteiger partial charge in [0.25, 0.3) is 0 Å². The van der Waals surface area contributed by atoms with Gasteiger partial charge in [0.05, 0.1) is 31.3 Å². The van der Waals surface area contributed by atoms with Gasteiger partial charge in [0.2, 0.25) is 5.91 Å². The molecule has 2 aromatic rings. The molecule has 0 saturated carbocycles. The Morgan fingerprint density at radius 3 is 2.54 bits per heavy atom. The third kappa shape index (κ3) is 5.90. The molecule has 0 aromatic heterocycles. The molecule has 190 valence electrons. The lowest BCUT2D eigenvalue weighted by atomic mass is 9.86. The molecule has 4 rings (SSSR count). The van der Waals surface area contributed by atoms with E-state index in [0.717, 1.165) is 50.0 Å². The number of carbonyl (C=O) groups excluding carboxylic acids is 1. The van der Waals surface area contributed by atoms with Gasteiger partial charge in [-0.15, -0.1) is 0 Å². The highest BCUT2D eigenvalue weighted by Gasteiger charge is 2.41. The number of nitrogens with zero attached hydrogens (tertiary/aromatic N) is 1.